The highest BCUT2D eigenvalue weighted by Crippen LogP contribution is 2.17. The quantitative estimate of drug-likeness (QED) is 0.807. The summed E-state index contributed by atoms with van der Waals surface area (Å²) in [5, 5.41) is 9.08. The Bertz CT molecular complexity index is 426. The van der Waals surface area contributed by atoms with Crippen molar-refractivity contribution in [3.8, 4) is 0 Å². The molecule has 0 atom stereocenters. The molecule has 19 heavy (non-hydrogen) atoms. The monoisotopic (exact) mass is 262 g/mol. The molecular formula is C15H22N2O2. The number of rotatable bonds is 4. The lowest BCUT2D eigenvalue weighted by Gasteiger charge is -2.31. The van der Waals surface area contributed by atoms with E-state index in [1.54, 1.807) is 0 Å². The maximum atomic E-state index is 12.1. The van der Waals surface area contributed by atoms with Crippen LogP contribution in [0.4, 0.5) is 5.69 Å². The first-order valence-corrected chi connectivity index (χ1v) is 6.92. The second kappa shape index (κ2) is 6.57. The SMILES string of the molecule is Nc1cccc(CCC(=O)N2CCC(CO)CC2)c1. The highest BCUT2D eigenvalue weighted by Gasteiger charge is 2.21. The largest absolute Gasteiger partial charge is 0.399 e. The number of carbonyl (C=O) groups excluding carboxylic acids is 1. The van der Waals surface area contributed by atoms with E-state index in [-0.39, 0.29) is 12.5 Å². The second-order valence-electron chi connectivity index (χ2n) is 5.25. The average Bonchev–Trinajstić information content (AvgIpc) is 2.45. The zero-order valence-electron chi connectivity index (χ0n) is 11.2. The molecule has 0 unspecified atom stereocenters. The summed E-state index contributed by atoms with van der Waals surface area (Å²) in [5.41, 5.74) is 7.57. The van der Waals surface area contributed by atoms with E-state index in [9.17, 15) is 4.79 Å². The van der Waals surface area contributed by atoms with Crippen molar-refractivity contribution in [3.05, 3.63) is 29.8 Å². The first-order valence-electron chi connectivity index (χ1n) is 6.92. The van der Waals surface area contributed by atoms with Crippen molar-refractivity contribution in [2.75, 3.05) is 25.4 Å². The summed E-state index contributed by atoms with van der Waals surface area (Å²) in [4.78, 5) is 14.0. The Labute approximate surface area is 114 Å². The van der Waals surface area contributed by atoms with Crippen LogP contribution in [0.3, 0.4) is 0 Å². The molecule has 2 rings (SSSR count). The van der Waals surface area contributed by atoms with Gasteiger partial charge in [-0.1, -0.05) is 12.1 Å². The average molecular weight is 262 g/mol. The predicted octanol–water partition coefficient (Wildman–Crippen LogP) is 1.43. The van der Waals surface area contributed by atoms with Crippen molar-refractivity contribution in [3.63, 3.8) is 0 Å². The van der Waals surface area contributed by atoms with Gasteiger partial charge in [0.05, 0.1) is 0 Å². The Morgan fingerprint density at radius 3 is 2.74 bits per heavy atom. The molecule has 0 aromatic heterocycles. The number of aliphatic hydroxyl groups excluding tert-OH is 1. The van der Waals surface area contributed by atoms with Gasteiger partial charge in [0.1, 0.15) is 0 Å². The van der Waals surface area contributed by atoms with Gasteiger partial charge in [0, 0.05) is 31.8 Å². The van der Waals surface area contributed by atoms with Crippen LogP contribution in [0.15, 0.2) is 24.3 Å². The fourth-order valence-electron chi connectivity index (χ4n) is 2.52. The molecule has 1 aromatic rings. The van der Waals surface area contributed by atoms with Gasteiger partial charge >= 0.3 is 0 Å². The van der Waals surface area contributed by atoms with Crippen molar-refractivity contribution in [2.24, 2.45) is 5.92 Å². The molecule has 4 heteroatoms. The lowest BCUT2D eigenvalue weighted by atomic mass is 9.97. The van der Waals surface area contributed by atoms with E-state index >= 15 is 0 Å². The number of likely N-dealkylation sites (tertiary alicyclic amines) is 1. The van der Waals surface area contributed by atoms with Crippen LogP contribution in [0.25, 0.3) is 0 Å². The van der Waals surface area contributed by atoms with Gasteiger partial charge in [-0.2, -0.15) is 0 Å². The number of hydrogen-bond acceptors (Lipinski definition) is 3. The molecule has 0 aliphatic carbocycles. The number of nitrogens with zero attached hydrogens (tertiary/aromatic N) is 1. The van der Waals surface area contributed by atoms with Crippen molar-refractivity contribution in [1.82, 2.24) is 4.90 Å². The third-order valence-corrected chi connectivity index (χ3v) is 3.80. The summed E-state index contributed by atoms with van der Waals surface area (Å²) in [7, 11) is 0. The van der Waals surface area contributed by atoms with Crippen LogP contribution in [0.2, 0.25) is 0 Å². The van der Waals surface area contributed by atoms with Crippen LogP contribution in [0, 0.1) is 5.92 Å². The molecule has 1 fully saturated rings. The minimum absolute atomic E-state index is 0.207. The second-order valence-corrected chi connectivity index (χ2v) is 5.25. The summed E-state index contributed by atoms with van der Waals surface area (Å²) in [6, 6.07) is 7.69. The van der Waals surface area contributed by atoms with Gasteiger partial charge in [0.15, 0.2) is 0 Å². The summed E-state index contributed by atoms with van der Waals surface area (Å²) in [5.74, 6) is 0.580. The molecule has 3 N–H and O–H groups in total. The van der Waals surface area contributed by atoms with Gasteiger partial charge in [-0.05, 0) is 42.9 Å². The fraction of sp³-hybridized carbons (Fsp3) is 0.533. The Morgan fingerprint density at radius 1 is 1.37 bits per heavy atom. The normalized spacial score (nSPS) is 16.6. The zero-order valence-corrected chi connectivity index (χ0v) is 11.2. The van der Waals surface area contributed by atoms with E-state index in [4.69, 9.17) is 10.8 Å². The molecular weight excluding hydrogens is 240 g/mol. The molecule has 1 heterocycles. The Morgan fingerprint density at radius 2 is 2.11 bits per heavy atom. The van der Waals surface area contributed by atoms with Gasteiger partial charge in [-0.3, -0.25) is 4.79 Å². The van der Waals surface area contributed by atoms with E-state index in [1.807, 2.05) is 29.2 Å². The lowest BCUT2D eigenvalue weighted by Crippen LogP contribution is -2.39. The Hall–Kier alpha value is -1.55. The summed E-state index contributed by atoms with van der Waals surface area (Å²) in [6.07, 6.45) is 3.11. The predicted molar refractivity (Wildman–Crippen MR) is 75.6 cm³/mol. The number of aryl methyl sites for hydroxylation is 1. The highest BCUT2D eigenvalue weighted by molar-refractivity contribution is 5.76. The minimum atomic E-state index is 0.207. The summed E-state index contributed by atoms with van der Waals surface area (Å²) < 4.78 is 0. The van der Waals surface area contributed by atoms with Crippen LogP contribution in [-0.2, 0) is 11.2 Å². The number of amides is 1. The number of benzene rings is 1. The highest BCUT2D eigenvalue weighted by atomic mass is 16.3. The summed E-state index contributed by atoms with van der Waals surface area (Å²) >= 11 is 0. The van der Waals surface area contributed by atoms with Gasteiger partial charge in [0.2, 0.25) is 5.91 Å². The van der Waals surface area contributed by atoms with Gasteiger partial charge in [-0.15, -0.1) is 0 Å². The van der Waals surface area contributed by atoms with Crippen LogP contribution in [-0.4, -0.2) is 35.6 Å². The lowest BCUT2D eigenvalue weighted by molar-refractivity contribution is -0.132. The number of nitrogen functional groups attached to an aromatic ring is 1. The van der Waals surface area contributed by atoms with E-state index < -0.39 is 0 Å². The van der Waals surface area contributed by atoms with E-state index in [0.29, 0.717) is 12.3 Å². The molecule has 1 aromatic carbocycles. The Balaban J connectivity index is 1.79. The number of carbonyl (C=O) groups is 1. The van der Waals surface area contributed by atoms with Crippen LogP contribution in [0.5, 0.6) is 0 Å². The summed E-state index contributed by atoms with van der Waals surface area (Å²) in [6.45, 7) is 1.80. The number of anilines is 1. The third kappa shape index (κ3) is 3.96. The smallest absolute Gasteiger partial charge is 0.222 e. The van der Waals surface area contributed by atoms with Gasteiger partial charge < -0.3 is 15.7 Å². The van der Waals surface area contributed by atoms with E-state index in [0.717, 1.165) is 43.6 Å². The van der Waals surface area contributed by atoms with Crippen molar-refractivity contribution < 1.29 is 9.90 Å². The van der Waals surface area contributed by atoms with E-state index in [2.05, 4.69) is 0 Å². The zero-order chi connectivity index (χ0) is 13.7. The molecule has 1 aliphatic rings. The number of piperidine rings is 1. The van der Waals surface area contributed by atoms with Gasteiger partial charge in [-0.25, -0.2) is 0 Å². The number of nitrogens with two attached hydrogens (primary N) is 1. The third-order valence-electron chi connectivity index (χ3n) is 3.80. The van der Waals surface area contributed by atoms with Crippen LogP contribution >= 0.6 is 0 Å². The number of aliphatic hydroxyl groups is 1. The fourth-order valence-corrected chi connectivity index (χ4v) is 2.52. The molecule has 1 saturated heterocycles. The maximum Gasteiger partial charge on any atom is 0.222 e. The molecule has 104 valence electrons. The van der Waals surface area contributed by atoms with Crippen LogP contribution in [0.1, 0.15) is 24.8 Å². The first-order chi connectivity index (χ1) is 9.19. The van der Waals surface area contributed by atoms with E-state index in [1.165, 1.54) is 0 Å². The molecule has 0 saturated carbocycles. The molecule has 1 amide bonds. The number of hydrogen-bond donors (Lipinski definition) is 2. The van der Waals surface area contributed by atoms with Crippen LogP contribution < -0.4 is 5.73 Å². The van der Waals surface area contributed by atoms with Crippen molar-refractivity contribution in [2.45, 2.75) is 25.7 Å². The minimum Gasteiger partial charge on any atom is -0.399 e. The van der Waals surface area contributed by atoms with Crippen molar-refractivity contribution in [1.29, 1.82) is 0 Å². The molecule has 0 radical (unpaired) electrons. The topological polar surface area (TPSA) is 66.6 Å². The molecule has 0 spiro atoms. The standard InChI is InChI=1S/C15H22N2O2/c16-14-3-1-2-12(10-14)4-5-15(19)17-8-6-13(11-18)7-9-17/h1-3,10,13,18H,4-9,11,16H2. The molecule has 0 bridgehead atoms. The van der Waals surface area contributed by atoms with Crippen molar-refractivity contribution >= 4 is 11.6 Å². The molecule has 4 nitrogen and oxygen atoms in total. The van der Waals surface area contributed by atoms with Gasteiger partial charge in [0.25, 0.3) is 0 Å². The maximum absolute atomic E-state index is 12.1. The molecule has 1 aliphatic heterocycles. The first kappa shape index (κ1) is 13.9. The Kier molecular flexibility index (Phi) is 4.80.